The third kappa shape index (κ3) is 4.77. The molecule has 6 heteroatoms. The first-order valence-electron chi connectivity index (χ1n) is 8.21. The Kier molecular flexibility index (Phi) is 6.11. The first-order chi connectivity index (χ1) is 12.8. The third-order valence-corrected chi connectivity index (χ3v) is 4.58. The predicted molar refractivity (Wildman–Crippen MR) is 104 cm³/mol. The minimum atomic E-state index is -0.141. The number of amides is 1. The van der Waals surface area contributed by atoms with Gasteiger partial charge in [0, 0.05) is 36.2 Å². The van der Waals surface area contributed by atoms with Crippen molar-refractivity contribution in [2.75, 3.05) is 13.7 Å². The molecule has 1 amide bonds. The number of para-hydroxylation sites is 1. The summed E-state index contributed by atoms with van der Waals surface area (Å²) in [5, 5.41) is 5.83. The van der Waals surface area contributed by atoms with Crippen LogP contribution in [-0.2, 0) is 11.2 Å². The Morgan fingerprint density at radius 2 is 2.04 bits per heavy atom. The van der Waals surface area contributed by atoms with Crippen LogP contribution in [0.4, 0.5) is 0 Å². The Morgan fingerprint density at radius 3 is 2.85 bits per heavy atom. The van der Waals surface area contributed by atoms with Crippen molar-refractivity contribution in [3.8, 4) is 17.1 Å². The molecule has 5 nitrogen and oxygen atoms in total. The first-order valence-corrected chi connectivity index (χ1v) is 9.09. The van der Waals surface area contributed by atoms with E-state index in [0.29, 0.717) is 13.0 Å². The van der Waals surface area contributed by atoms with Crippen molar-refractivity contribution in [1.82, 2.24) is 15.3 Å². The molecule has 2 heterocycles. The van der Waals surface area contributed by atoms with Gasteiger partial charge in [-0.25, -0.2) is 4.98 Å². The van der Waals surface area contributed by atoms with E-state index in [1.165, 1.54) is 6.08 Å². The van der Waals surface area contributed by atoms with Crippen molar-refractivity contribution in [3.63, 3.8) is 0 Å². The molecule has 0 unspecified atom stereocenters. The highest BCUT2D eigenvalue weighted by atomic mass is 32.1. The van der Waals surface area contributed by atoms with Gasteiger partial charge in [-0.1, -0.05) is 24.3 Å². The van der Waals surface area contributed by atoms with Gasteiger partial charge in [0.15, 0.2) is 0 Å². The number of hydrogen-bond acceptors (Lipinski definition) is 5. The summed E-state index contributed by atoms with van der Waals surface area (Å²) >= 11 is 1.57. The van der Waals surface area contributed by atoms with Crippen LogP contribution in [0.5, 0.6) is 5.75 Å². The molecule has 0 aliphatic carbocycles. The molecule has 0 aliphatic heterocycles. The van der Waals surface area contributed by atoms with E-state index >= 15 is 0 Å². The van der Waals surface area contributed by atoms with Crippen molar-refractivity contribution >= 4 is 23.3 Å². The van der Waals surface area contributed by atoms with Crippen LogP contribution in [0.2, 0.25) is 0 Å². The second kappa shape index (κ2) is 8.92. The van der Waals surface area contributed by atoms with Gasteiger partial charge in [-0.05, 0) is 24.3 Å². The quantitative estimate of drug-likeness (QED) is 0.650. The second-order valence-corrected chi connectivity index (χ2v) is 6.40. The lowest BCUT2D eigenvalue weighted by Crippen LogP contribution is -2.23. The Bertz CT molecular complexity index is 891. The number of carbonyl (C=O) groups is 1. The molecule has 0 saturated heterocycles. The molecule has 1 aromatic carbocycles. The molecule has 3 aromatic rings. The summed E-state index contributed by atoms with van der Waals surface area (Å²) in [6.45, 7) is 0.532. The van der Waals surface area contributed by atoms with Crippen molar-refractivity contribution in [1.29, 1.82) is 0 Å². The van der Waals surface area contributed by atoms with Crippen LogP contribution in [0.15, 0.2) is 60.1 Å². The van der Waals surface area contributed by atoms with Crippen molar-refractivity contribution < 1.29 is 9.53 Å². The fraction of sp³-hybridized carbons (Fsp3) is 0.150. The molecule has 0 aliphatic rings. The minimum absolute atomic E-state index is 0.141. The number of thiazole rings is 1. The topological polar surface area (TPSA) is 64.1 Å². The molecule has 0 spiro atoms. The maximum Gasteiger partial charge on any atom is 0.244 e. The summed E-state index contributed by atoms with van der Waals surface area (Å²) in [6.07, 6.45) is 5.70. The van der Waals surface area contributed by atoms with Crippen molar-refractivity contribution in [2.45, 2.75) is 6.42 Å². The molecule has 0 fully saturated rings. The Hall–Kier alpha value is -2.99. The van der Waals surface area contributed by atoms with E-state index in [1.54, 1.807) is 30.7 Å². The van der Waals surface area contributed by atoms with E-state index in [9.17, 15) is 4.79 Å². The highest BCUT2D eigenvalue weighted by Crippen LogP contribution is 2.20. The summed E-state index contributed by atoms with van der Waals surface area (Å²) in [5.41, 5.74) is 2.59. The van der Waals surface area contributed by atoms with Gasteiger partial charge >= 0.3 is 0 Å². The highest BCUT2D eigenvalue weighted by Gasteiger charge is 2.06. The van der Waals surface area contributed by atoms with Gasteiger partial charge in [-0.2, -0.15) is 0 Å². The van der Waals surface area contributed by atoms with Crippen molar-refractivity contribution in [2.24, 2.45) is 0 Å². The maximum atomic E-state index is 12.0. The lowest BCUT2D eigenvalue weighted by molar-refractivity contribution is -0.116. The van der Waals surface area contributed by atoms with Gasteiger partial charge in [0.2, 0.25) is 5.91 Å². The fourth-order valence-electron chi connectivity index (χ4n) is 2.38. The fourth-order valence-corrected chi connectivity index (χ4v) is 3.17. The largest absolute Gasteiger partial charge is 0.496 e. The average molecular weight is 365 g/mol. The molecule has 0 saturated carbocycles. The molecule has 132 valence electrons. The van der Waals surface area contributed by atoms with E-state index in [4.69, 9.17) is 4.74 Å². The summed E-state index contributed by atoms with van der Waals surface area (Å²) in [5.74, 6) is 0.596. The van der Waals surface area contributed by atoms with Gasteiger partial charge in [-0.3, -0.25) is 9.78 Å². The number of nitrogens with one attached hydrogen (secondary N) is 1. The van der Waals surface area contributed by atoms with Gasteiger partial charge in [0.25, 0.3) is 0 Å². The molecule has 0 radical (unpaired) electrons. The first kappa shape index (κ1) is 17.8. The van der Waals surface area contributed by atoms with Crippen LogP contribution in [-0.4, -0.2) is 29.5 Å². The number of benzene rings is 1. The normalized spacial score (nSPS) is 10.8. The van der Waals surface area contributed by atoms with Crippen LogP contribution in [0.1, 0.15) is 10.6 Å². The van der Waals surface area contributed by atoms with Crippen LogP contribution in [0, 0.1) is 0 Å². The van der Waals surface area contributed by atoms with E-state index in [0.717, 1.165) is 27.7 Å². The molecule has 3 rings (SSSR count). The number of ether oxygens (including phenoxy) is 1. The molecule has 1 N–H and O–H groups in total. The Labute approximate surface area is 156 Å². The lowest BCUT2D eigenvalue weighted by Gasteiger charge is -2.03. The average Bonchev–Trinajstić information content (AvgIpc) is 3.16. The monoisotopic (exact) mass is 365 g/mol. The van der Waals surface area contributed by atoms with Gasteiger partial charge in [0.1, 0.15) is 5.75 Å². The molecule has 26 heavy (non-hydrogen) atoms. The van der Waals surface area contributed by atoms with Crippen molar-refractivity contribution in [3.05, 3.63) is 70.7 Å². The summed E-state index contributed by atoms with van der Waals surface area (Å²) < 4.78 is 5.26. The Balaban J connectivity index is 1.50. The third-order valence-electron chi connectivity index (χ3n) is 3.67. The number of methoxy groups -OCH3 is 1. The number of hydrogen-bond donors (Lipinski definition) is 1. The minimum Gasteiger partial charge on any atom is -0.496 e. The maximum absolute atomic E-state index is 12.0. The van der Waals surface area contributed by atoms with Crippen LogP contribution >= 0.6 is 11.3 Å². The standard InChI is InChI=1S/C20H19N3O2S/c1-25-18-8-3-2-6-15(18)9-10-19(24)22-13-11-20-23-17(14-26-20)16-7-4-5-12-21-16/h2-10,12,14H,11,13H2,1H3,(H,22,24)/b10-9+. The number of aromatic nitrogens is 2. The number of carbonyl (C=O) groups excluding carboxylic acids is 1. The summed E-state index contributed by atoms with van der Waals surface area (Å²) in [7, 11) is 1.61. The zero-order valence-corrected chi connectivity index (χ0v) is 15.2. The van der Waals surface area contributed by atoms with Gasteiger partial charge in [0.05, 0.1) is 23.5 Å². The zero-order valence-electron chi connectivity index (χ0n) is 14.4. The van der Waals surface area contributed by atoms with Gasteiger partial charge in [-0.15, -0.1) is 11.3 Å². The number of nitrogens with zero attached hydrogens (tertiary/aromatic N) is 2. The molecular weight excluding hydrogens is 346 g/mol. The van der Waals surface area contributed by atoms with Crippen LogP contribution in [0.25, 0.3) is 17.5 Å². The van der Waals surface area contributed by atoms with E-state index in [2.05, 4.69) is 15.3 Å². The highest BCUT2D eigenvalue weighted by molar-refractivity contribution is 7.09. The second-order valence-electron chi connectivity index (χ2n) is 5.46. The lowest BCUT2D eigenvalue weighted by atomic mass is 10.2. The summed E-state index contributed by atoms with van der Waals surface area (Å²) in [6, 6.07) is 13.3. The molecule has 0 bridgehead atoms. The SMILES string of the molecule is COc1ccccc1/C=C/C(=O)NCCc1nc(-c2ccccn2)cs1. The predicted octanol–water partition coefficient (Wildman–Crippen LogP) is 3.59. The van der Waals surface area contributed by atoms with Crippen LogP contribution in [0.3, 0.4) is 0 Å². The zero-order chi connectivity index (χ0) is 18.2. The number of rotatable bonds is 7. The van der Waals surface area contributed by atoms with E-state index in [1.807, 2.05) is 47.8 Å². The molecule has 0 atom stereocenters. The molecular formula is C20H19N3O2S. The Morgan fingerprint density at radius 1 is 1.19 bits per heavy atom. The smallest absolute Gasteiger partial charge is 0.244 e. The number of pyridine rings is 1. The molecule has 2 aromatic heterocycles. The van der Waals surface area contributed by atoms with E-state index in [-0.39, 0.29) is 5.91 Å². The van der Waals surface area contributed by atoms with Gasteiger partial charge < -0.3 is 10.1 Å². The summed E-state index contributed by atoms with van der Waals surface area (Å²) in [4.78, 5) is 20.8. The van der Waals surface area contributed by atoms with E-state index < -0.39 is 0 Å². The van der Waals surface area contributed by atoms with Crippen LogP contribution < -0.4 is 10.1 Å².